The van der Waals surface area contributed by atoms with E-state index in [1.807, 2.05) is 24.3 Å². The standard InChI is InChI=1S/C17H17N3O3/c1-23-13-5-2-11(3-6-13)8-9-18-16(21)12-4-7-14-15(10-12)20-17(22)19-14/h2-7,10H,8-9H2,1H3,(H,18,21)(H2,19,20,22). The van der Waals surface area contributed by atoms with E-state index < -0.39 is 0 Å². The number of aromatic nitrogens is 2. The second-order valence-electron chi connectivity index (χ2n) is 5.19. The van der Waals surface area contributed by atoms with Crippen LogP contribution >= 0.6 is 0 Å². The Balaban J connectivity index is 1.60. The molecule has 6 nitrogen and oxygen atoms in total. The minimum Gasteiger partial charge on any atom is -0.497 e. The number of methoxy groups -OCH3 is 1. The Labute approximate surface area is 132 Å². The number of hydrogen-bond acceptors (Lipinski definition) is 3. The molecule has 2 aromatic carbocycles. The SMILES string of the molecule is COc1ccc(CCNC(=O)c2ccc3[nH]c(=O)[nH]c3c2)cc1. The normalized spacial score (nSPS) is 10.7. The third-order valence-electron chi connectivity index (χ3n) is 3.64. The molecule has 0 spiro atoms. The number of hydrogen-bond donors (Lipinski definition) is 3. The summed E-state index contributed by atoms with van der Waals surface area (Å²) in [5, 5.41) is 2.88. The topological polar surface area (TPSA) is 87.0 Å². The lowest BCUT2D eigenvalue weighted by Crippen LogP contribution is -2.25. The van der Waals surface area contributed by atoms with Gasteiger partial charge in [-0.3, -0.25) is 4.79 Å². The zero-order chi connectivity index (χ0) is 16.2. The van der Waals surface area contributed by atoms with Crippen molar-refractivity contribution < 1.29 is 9.53 Å². The van der Waals surface area contributed by atoms with Gasteiger partial charge >= 0.3 is 5.69 Å². The molecule has 6 heteroatoms. The molecule has 0 saturated carbocycles. The largest absolute Gasteiger partial charge is 0.497 e. The van der Waals surface area contributed by atoms with Crippen molar-refractivity contribution in [1.82, 2.24) is 15.3 Å². The predicted molar refractivity (Wildman–Crippen MR) is 88.0 cm³/mol. The number of carbonyl (C=O) groups excluding carboxylic acids is 1. The second kappa shape index (κ2) is 6.39. The van der Waals surface area contributed by atoms with Gasteiger partial charge in [-0.05, 0) is 42.3 Å². The van der Waals surface area contributed by atoms with Gasteiger partial charge in [0.1, 0.15) is 5.75 Å². The Hall–Kier alpha value is -3.02. The summed E-state index contributed by atoms with van der Waals surface area (Å²) < 4.78 is 5.11. The van der Waals surface area contributed by atoms with Gasteiger partial charge in [-0.15, -0.1) is 0 Å². The fourth-order valence-corrected chi connectivity index (χ4v) is 2.39. The highest BCUT2D eigenvalue weighted by atomic mass is 16.5. The van der Waals surface area contributed by atoms with Gasteiger partial charge in [0, 0.05) is 12.1 Å². The Bertz CT molecular complexity index is 878. The average molecular weight is 311 g/mol. The number of H-pyrrole nitrogens is 2. The number of ether oxygens (including phenoxy) is 1. The van der Waals surface area contributed by atoms with Crippen LogP contribution < -0.4 is 15.7 Å². The average Bonchev–Trinajstić information content (AvgIpc) is 2.94. The molecule has 0 radical (unpaired) electrons. The summed E-state index contributed by atoms with van der Waals surface area (Å²) in [6.45, 7) is 0.535. The quantitative estimate of drug-likeness (QED) is 0.672. The number of benzene rings is 2. The van der Waals surface area contributed by atoms with E-state index in [9.17, 15) is 9.59 Å². The first-order valence-corrected chi connectivity index (χ1v) is 7.29. The van der Waals surface area contributed by atoms with Gasteiger partial charge in [-0.2, -0.15) is 0 Å². The van der Waals surface area contributed by atoms with Crippen molar-refractivity contribution in [2.75, 3.05) is 13.7 Å². The first kappa shape index (κ1) is 14.9. The highest BCUT2D eigenvalue weighted by Crippen LogP contribution is 2.12. The van der Waals surface area contributed by atoms with Gasteiger partial charge in [0.2, 0.25) is 0 Å². The summed E-state index contributed by atoms with van der Waals surface area (Å²) in [7, 11) is 1.63. The second-order valence-corrected chi connectivity index (χ2v) is 5.19. The zero-order valence-corrected chi connectivity index (χ0v) is 12.7. The van der Waals surface area contributed by atoms with Crippen LogP contribution in [-0.2, 0) is 6.42 Å². The third-order valence-corrected chi connectivity index (χ3v) is 3.64. The third kappa shape index (κ3) is 3.42. The molecule has 0 atom stereocenters. The molecule has 23 heavy (non-hydrogen) atoms. The van der Waals surface area contributed by atoms with Gasteiger partial charge in [-0.1, -0.05) is 12.1 Å². The maximum absolute atomic E-state index is 12.2. The van der Waals surface area contributed by atoms with Crippen LogP contribution in [0.5, 0.6) is 5.75 Å². The lowest BCUT2D eigenvalue weighted by Gasteiger charge is -2.06. The van der Waals surface area contributed by atoms with Crippen LogP contribution in [0.2, 0.25) is 0 Å². The monoisotopic (exact) mass is 311 g/mol. The van der Waals surface area contributed by atoms with E-state index in [0.29, 0.717) is 23.1 Å². The molecule has 118 valence electrons. The molecule has 3 rings (SSSR count). The molecule has 0 aliphatic heterocycles. The first-order valence-electron chi connectivity index (χ1n) is 7.29. The van der Waals surface area contributed by atoms with Crippen LogP contribution in [-0.4, -0.2) is 29.5 Å². The van der Waals surface area contributed by atoms with Crippen molar-refractivity contribution in [2.45, 2.75) is 6.42 Å². The Kier molecular flexibility index (Phi) is 4.14. The van der Waals surface area contributed by atoms with Crippen LogP contribution in [0.4, 0.5) is 0 Å². The van der Waals surface area contributed by atoms with Crippen molar-refractivity contribution >= 4 is 16.9 Å². The molecular weight excluding hydrogens is 294 g/mol. The van der Waals surface area contributed by atoms with Crippen molar-refractivity contribution in [1.29, 1.82) is 0 Å². The highest BCUT2D eigenvalue weighted by molar-refractivity contribution is 5.97. The summed E-state index contributed by atoms with van der Waals surface area (Å²) in [5.41, 5.74) is 2.67. The van der Waals surface area contributed by atoms with Crippen molar-refractivity contribution in [3.8, 4) is 5.75 Å². The molecule has 0 aliphatic rings. The summed E-state index contributed by atoms with van der Waals surface area (Å²) in [6, 6.07) is 12.8. The number of nitrogens with one attached hydrogen (secondary N) is 3. The van der Waals surface area contributed by atoms with Crippen LogP contribution in [0.25, 0.3) is 11.0 Å². The summed E-state index contributed by atoms with van der Waals surface area (Å²) in [4.78, 5) is 28.7. The van der Waals surface area contributed by atoms with E-state index >= 15 is 0 Å². The summed E-state index contributed by atoms with van der Waals surface area (Å²) in [6.07, 6.45) is 0.735. The van der Waals surface area contributed by atoms with Gasteiger partial charge in [0.15, 0.2) is 0 Å². The Morgan fingerprint density at radius 3 is 2.57 bits per heavy atom. The smallest absolute Gasteiger partial charge is 0.323 e. The maximum atomic E-state index is 12.2. The minimum absolute atomic E-state index is 0.164. The Morgan fingerprint density at radius 1 is 1.09 bits per heavy atom. The van der Waals surface area contributed by atoms with E-state index in [1.165, 1.54) is 0 Å². The van der Waals surface area contributed by atoms with Crippen molar-refractivity contribution in [3.05, 3.63) is 64.1 Å². The molecule has 1 amide bonds. The first-order chi connectivity index (χ1) is 11.2. The van der Waals surface area contributed by atoms with Crippen LogP contribution in [0.15, 0.2) is 47.3 Å². The van der Waals surface area contributed by atoms with Crippen LogP contribution in [0.3, 0.4) is 0 Å². The van der Waals surface area contributed by atoms with E-state index in [1.54, 1.807) is 25.3 Å². The summed E-state index contributed by atoms with van der Waals surface area (Å²) >= 11 is 0. The predicted octanol–water partition coefficient (Wildman–Crippen LogP) is 1.84. The molecule has 0 aliphatic carbocycles. The molecule has 0 fully saturated rings. The molecule has 0 saturated heterocycles. The van der Waals surface area contributed by atoms with Gasteiger partial charge in [0.25, 0.3) is 5.91 Å². The molecule has 1 heterocycles. The van der Waals surface area contributed by atoms with E-state index in [4.69, 9.17) is 4.74 Å². The minimum atomic E-state index is -0.280. The lowest BCUT2D eigenvalue weighted by atomic mass is 10.1. The molecule has 0 unspecified atom stereocenters. The van der Waals surface area contributed by atoms with Gasteiger partial charge in [0.05, 0.1) is 18.1 Å². The number of aromatic amines is 2. The molecule has 0 bridgehead atoms. The van der Waals surface area contributed by atoms with E-state index in [-0.39, 0.29) is 11.6 Å². The van der Waals surface area contributed by atoms with Crippen molar-refractivity contribution in [2.24, 2.45) is 0 Å². The Morgan fingerprint density at radius 2 is 1.83 bits per heavy atom. The summed E-state index contributed by atoms with van der Waals surface area (Å²) in [5.74, 6) is 0.647. The highest BCUT2D eigenvalue weighted by Gasteiger charge is 2.07. The number of imidazole rings is 1. The number of carbonyl (C=O) groups is 1. The molecule has 1 aromatic heterocycles. The fraction of sp³-hybridized carbons (Fsp3) is 0.176. The lowest BCUT2D eigenvalue weighted by molar-refractivity contribution is 0.0954. The maximum Gasteiger partial charge on any atom is 0.323 e. The number of rotatable bonds is 5. The van der Waals surface area contributed by atoms with E-state index in [2.05, 4.69) is 15.3 Å². The van der Waals surface area contributed by atoms with Crippen molar-refractivity contribution in [3.63, 3.8) is 0 Å². The van der Waals surface area contributed by atoms with Crippen LogP contribution in [0.1, 0.15) is 15.9 Å². The van der Waals surface area contributed by atoms with Crippen LogP contribution in [0, 0.1) is 0 Å². The van der Waals surface area contributed by atoms with Gasteiger partial charge in [-0.25, -0.2) is 4.79 Å². The number of fused-ring (bicyclic) bond motifs is 1. The number of amides is 1. The zero-order valence-electron chi connectivity index (χ0n) is 12.7. The van der Waals surface area contributed by atoms with E-state index in [0.717, 1.165) is 17.7 Å². The molecular formula is C17H17N3O3. The fourth-order valence-electron chi connectivity index (χ4n) is 2.39. The molecule has 3 N–H and O–H groups in total. The van der Waals surface area contributed by atoms with Gasteiger partial charge < -0.3 is 20.0 Å². The molecule has 3 aromatic rings.